The second-order valence-corrected chi connectivity index (χ2v) is 7.29. The minimum Gasteiger partial charge on any atom is -0.352 e. The van der Waals surface area contributed by atoms with Crippen molar-refractivity contribution in [2.75, 3.05) is 18.5 Å². The van der Waals surface area contributed by atoms with Crippen molar-refractivity contribution in [3.8, 4) is 0 Å². The van der Waals surface area contributed by atoms with Crippen LogP contribution in [-0.4, -0.2) is 25.5 Å². The SMILES string of the molecule is CN=C(NCc1ccc(N2CCCC2=O)cc1)NCc1cc(F)cc(Br)c1. The highest BCUT2D eigenvalue weighted by molar-refractivity contribution is 9.10. The van der Waals surface area contributed by atoms with Crippen molar-refractivity contribution < 1.29 is 9.18 Å². The molecule has 1 heterocycles. The predicted octanol–water partition coefficient (Wildman–Crippen LogP) is 3.58. The Bertz CT molecular complexity index is 818. The smallest absolute Gasteiger partial charge is 0.227 e. The second kappa shape index (κ2) is 8.99. The third-order valence-electron chi connectivity index (χ3n) is 4.39. The lowest BCUT2D eigenvalue weighted by Gasteiger charge is -2.16. The highest BCUT2D eigenvalue weighted by Gasteiger charge is 2.21. The highest BCUT2D eigenvalue weighted by Crippen LogP contribution is 2.21. The van der Waals surface area contributed by atoms with E-state index in [4.69, 9.17) is 0 Å². The van der Waals surface area contributed by atoms with Crippen LogP contribution in [0.3, 0.4) is 0 Å². The van der Waals surface area contributed by atoms with Crippen LogP contribution in [0.1, 0.15) is 24.0 Å². The molecule has 0 unspecified atom stereocenters. The largest absolute Gasteiger partial charge is 0.352 e. The van der Waals surface area contributed by atoms with Gasteiger partial charge in [0.1, 0.15) is 5.82 Å². The van der Waals surface area contributed by atoms with Crippen LogP contribution in [0.5, 0.6) is 0 Å². The van der Waals surface area contributed by atoms with Gasteiger partial charge >= 0.3 is 0 Å². The topological polar surface area (TPSA) is 56.7 Å². The van der Waals surface area contributed by atoms with E-state index in [0.29, 0.717) is 29.9 Å². The van der Waals surface area contributed by atoms with E-state index in [9.17, 15) is 9.18 Å². The molecule has 1 fully saturated rings. The van der Waals surface area contributed by atoms with E-state index in [0.717, 1.165) is 29.8 Å². The molecule has 7 heteroatoms. The Morgan fingerprint density at radius 1 is 1.15 bits per heavy atom. The van der Waals surface area contributed by atoms with Gasteiger partial charge in [0.05, 0.1) is 0 Å². The number of rotatable bonds is 5. The first-order valence-electron chi connectivity index (χ1n) is 8.84. The van der Waals surface area contributed by atoms with Crippen molar-refractivity contribution in [2.45, 2.75) is 25.9 Å². The van der Waals surface area contributed by atoms with E-state index in [1.807, 2.05) is 35.2 Å². The van der Waals surface area contributed by atoms with Crippen LogP contribution in [0.2, 0.25) is 0 Å². The second-order valence-electron chi connectivity index (χ2n) is 6.37. The number of nitrogens with one attached hydrogen (secondary N) is 2. The molecular weight excluding hydrogens is 411 g/mol. The van der Waals surface area contributed by atoms with Crippen LogP contribution in [0.15, 0.2) is 51.9 Å². The molecule has 0 saturated carbocycles. The van der Waals surface area contributed by atoms with Gasteiger partial charge in [0.15, 0.2) is 5.96 Å². The molecule has 2 aromatic rings. The highest BCUT2D eigenvalue weighted by atomic mass is 79.9. The first-order chi connectivity index (χ1) is 13.0. The fraction of sp³-hybridized carbons (Fsp3) is 0.300. The molecule has 142 valence electrons. The average Bonchev–Trinajstić information content (AvgIpc) is 3.07. The molecule has 1 amide bonds. The minimum atomic E-state index is -0.277. The summed E-state index contributed by atoms with van der Waals surface area (Å²) in [6.07, 6.45) is 1.55. The van der Waals surface area contributed by atoms with Gasteiger partial charge in [0.25, 0.3) is 0 Å². The molecule has 0 atom stereocenters. The van der Waals surface area contributed by atoms with Gasteiger partial charge in [-0.15, -0.1) is 0 Å². The number of carbonyl (C=O) groups excluding carboxylic acids is 1. The van der Waals surface area contributed by atoms with Crippen LogP contribution < -0.4 is 15.5 Å². The van der Waals surface area contributed by atoms with Crippen LogP contribution in [0.4, 0.5) is 10.1 Å². The third kappa shape index (κ3) is 5.29. The summed E-state index contributed by atoms with van der Waals surface area (Å²) in [6, 6.07) is 12.7. The number of hydrogen-bond donors (Lipinski definition) is 2. The maximum atomic E-state index is 13.4. The molecule has 1 aliphatic rings. The summed E-state index contributed by atoms with van der Waals surface area (Å²) in [4.78, 5) is 17.8. The van der Waals surface area contributed by atoms with Crippen LogP contribution >= 0.6 is 15.9 Å². The lowest BCUT2D eigenvalue weighted by atomic mass is 10.2. The van der Waals surface area contributed by atoms with E-state index in [1.165, 1.54) is 12.1 Å². The summed E-state index contributed by atoms with van der Waals surface area (Å²) < 4.78 is 14.2. The Morgan fingerprint density at radius 3 is 2.44 bits per heavy atom. The van der Waals surface area contributed by atoms with E-state index in [2.05, 4.69) is 31.6 Å². The molecule has 1 aliphatic heterocycles. The van der Waals surface area contributed by atoms with Crippen molar-refractivity contribution in [1.82, 2.24) is 10.6 Å². The van der Waals surface area contributed by atoms with E-state index >= 15 is 0 Å². The Morgan fingerprint density at radius 2 is 1.85 bits per heavy atom. The Kier molecular flexibility index (Phi) is 6.45. The summed E-state index contributed by atoms with van der Waals surface area (Å²) in [7, 11) is 1.69. The van der Waals surface area contributed by atoms with Crippen molar-refractivity contribution in [2.24, 2.45) is 4.99 Å². The van der Waals surface area contributed by atoms with Gasteiger partial charge in [-0.1, -0.05) is 28.1 Å². The summed E-state index contributed by atoms with van der Waals surface area (Å²) in [6.45, 7) is 1.86. The van der Waals surface area contributed by atoms with E-state index in [1.54, 1.807) is 7.05 Å². The molecule has 1 saturated heterocycles. The molecule has 27 heavy (non-hydrogen) atoms. The zero-order valence-electron chi connectivity index (χ0n) is 15.1. The van der Waals surface area contributed by atoms with Gasteiger partial charge < -0.3 is 15.5 Å². The number of nitrogens with zero attached hydrogens (tertiary/aromatic N) is 2. The van der Waals surface area contributed by atoms with Gasteiger partial charge in [0.2, 0.25) is 5.91 Å². The summed E-state index contributed by atoms with van der Waals surface area (Å²) in [5.41, 5.74) is 2.85. The van der Waals surface area contributed by atoms with Crippen LogP contribution in [0.25, 0.3) is 0 Å². The fourth-order valence-electron chi connectivity index (χ4n) is 3.02. The third-order valence-corrected chi connectivity index (χ3v) is 4.85. The molecular formula is C20H22BrFN4O. The first-order valence-corrected chi connectivity index (χ1v) is 9.63. The number of hydrogen-bond acceptors (Lipinski definition) is 2. The lowest BCUT2D eigenvalue weighted by Crippen LogP contribution is -2.36. The van der Waals surface area contributed by atoms with E-state index in [-0.39, 0.29) is 11.7 Å². The quantitative estimate of drug-likeness (QED) is 0.560. The van der Waals surface area contributed by atoms with Gasteiger partial charge in [-0.2, -0.15) is 0 Å². The lowest BCUT2D eigenvalue weighted by molar-refractivity contribution is -0.117. The Labute approximate surface area is 166 Å². The Hall–Kier alpha value is -2.41. The zero-order valence-corrected chi connectivity index (χ0v) is 16.7. The number of anilines is 1. The monoisotopic (exact) mass is 432 g/mol. The Balaban J connectivity index is 1.52. The summed E-state index contributed by atoms with van der Waals surface area (Å²) in [5.74, 6) is 0.546. The summed E-state index contributed by atoms with van der Waals surface area (Å²) in [5, 5.41) is 6.41. The molecule has 5 nitrogen and oxygen atoms in total. The molecule has 0 aromatic heterocycles. The van der Waals surface area contributed by atoms with Crippen LogP contribution in [0, 0.1) is 5.82 Å². The predicted molar refractivity (Wildman–Crippen MR) is 109 cm³/mol. The normalized spacial score (nSPS) is 14.6. The molecule has 2 aromatic carbocycles. The van der Waals surface area contributed by atoms with E-state index < -0.39 is 0 Å². The van der Waals surface area contributed by atoms with Gasteiger partial charge in [0, 0.05) is 43.3 Å². The maximum absolute atomic E-state index is 13.4. The summed E-state index contributed by atoms with van der Waals surface area (Å²) >= 11 is 3.29. The average molecular weight is 433 g/mol. The van der Waals surface area contributed by atoms with Crippen LogP contribution in [-0.2, 0) is 17.9 Å². The number of halogens is 2. The number of benzene rings is 2. The molecule has 3 rings (SSSR count). The number of aliphatic imine (C=N–C) groups is 1. The van der Waals surface area contributed by atoms with Crippen molar-refractivity contribution in [1.29, 1.82) is 0 Å². The van der Waals surface area contributed by atoms with Gasteiger partial charge in [-0.25, -0.2) is 4.39 Å². The van der Waals surface area contributed by atoms with Gasteiger partial charge in [-0.05, 0) is 47.9 Å². The number of guanidine groups is 1. The minimum absolute atomic E-state index is 0.189. The molecule has 0 radical (unpaired) electrons. The molecule has 0 spiro atoms. The van der Waals surface area contributed by atoms with Crippen molar-refractivity contribution in [3.63, 3.8) is 0 Å². The molecule has 0 bridgehead atoms. The van der Waals surface area contributed by atoms with Crippen molar-refractivity contribution in [3.05, 3.63) is 63.9 Å². The molecule has 2 N–H and O–H groups in total. The zero-order chi connectivity index (χ0) is 19.2. The standard InChI is InChI=1S/C20H22BrFN4O/c1-23-20(25-13-15-9-16(21)11-17(22)10-15)24-12-14-4-6-18(7-5-14)26-8-2-3-19(26)27/h4-7,9-11H,2-3,8,12-13H2,1H3,(H2,23,24,25). The maximum Gasteiger partial charge on any atom is 0.227 e. The number of carbonyl (C=O) groups is 1. The first kappa shape index (κ1) is 19.4. The fourth-order valence-corrected chi connectivity index (χ4v) is 3.53. The van der Waals surface area contributed by atoms with Crippen molar-refractivity contribution >= 4 is 33.5 Å². The van der Waals surface area contributed by atoms with Gasteiger partial charge in [-0.3, -0.25) is 9.79 Å². The molecule has 0 aliphatic carbocycles. The number of amides is 1.